The van der Waals surface area contributed by atoms with Gasteiger partial charge in [0.05, 0.1) is 0 Å². The van der Waals surface area contributed by atoms with E-state index in [1.807, 2.05) is 0 Å². The average Bonchev–Trinajstić information content (AvgIpc) is 3.24. The van der Waals surface area contributed by atoms with Gasteiger partial charge >= 0.3 is 12.7 Å². The lowest BCUT2D eigenvalue weighted by Gasteiger charge is -2.17. The molecule has 0 radical (unpaired) electrons. The van der Waals surface area contributed by atoms with Crippen molar-refractivity contribution in [3.8, 4) is 57.0 Å². The lowest BCUT2D eigenvalue weighted by molar-refractivity contribution is -0.275. The van der Waals surface area contributed by atoms with Crippen molar-refractivity contribution >= 4 is 5.57 Å². The second-order valence-corrected chi connectivity index (χ2v) is 9.36. The van der Waals surface area contributed by atoms with Gasteiger partial charge in [-0.15, -0.1) is 26.3 Å². The van der Waals surface area contributed by atoms with Gasteiger partial charge in [-0.25, -0.2) is 26.3 Å². The molecule has 0 N–H and O–H groups in total. The molecule has 1 aliphatic carbocycles. The van der Waals surface area contributed by atoms with Crippen LogP contribution in [0, 0.1) is 57.6 Å². The first-order chi connectivity index (χ1) is 21.4. The number of hydrogen-bond donors (Lipinski definition) is 0. The zero-order valence-corrected chi connectivity index (χ0v) is 21.9. The molecule has 0 fully saturated rings. The molecule has 0 saturated carbocycles. The van der Waals surface area contributed by atoms with Crippen molar-refractivity contribution in [2.75, 3.05) is 0 Å². The molecule has 0 spiro atoms. The lowest BCUT2D eigenvalue weighted by atomic mass is 9.95. The molecule has 4 aromatic rings. The molecule has 0 amide bonds. The predicted molar refractivity (Wildman–Crippen MR) is 133 cm³/mol. The van der Waals surface area contributed by atoms with Gasteiger partial charge in [0.2, 0.25) is 0 Å². The van der Waals surface area contributed by atoms with E-state index in [4.69, 9.17) is 0 Å². The summed E-state index contributed by atoms with van der Waals surface area (Å²) in [6.07, 6.45) is -10.9. The normalized spacial score (nSPS) is 12.3. The fraction of sp³-hybridized carbons (Fsp3) is 0.0667. The highest BCUT2D eigenvalue weighted by atomic mass is 19.4. The SMILES string of the molecule is N#CC(C#N)=C1c2cc(OC(F)(F)F)c(-c3cc(F)c(F)c(F)c3)cc2-c2cc(-c3cc(F)c(F)c(F)c3)c(OC(F)(F)F)cc21. The Labute approximate surface area is 248 Å². The number of fused-ring (bicyclic) bond motifs is 3. The summed E-state index contributed by atoms with van der Waals surface area (Å²) in [4.78, 5) is 0. The molecule has 4 nitrogen and oxygen atoms in total. The lowest BCUT2D eigenvalue weighted by Crippen LogP contribution is -2.18. The van der Waals surface area contributed by atoms with Crippen LogP contribution in [0.15, 0.2) is 54.1 Å². The zero-order chi connectivity index (χ0) is 33.9. The van der Waals surface area contributed by atoms with E-state index in [1.54, 1.807) is 0 Å². The van der Waals surface area contributed by atoms with Crippen LogP contribution < -0.4 is 9.47 Å². The van der Waals surface area contributed by atoms with Crippen LogP contribution in [0.4, 0.5) is 52.7 Å². The molecule has 0 unspecified atom stereocenters. The topological polar surface area (TPSA) is 66.0 Å². The Hall–Kier alpha value is -5.64. The minimum absolute atomic E-state index is 0.287. The van der Waals surface area contributed by atoms with Crippen molar-refractivity contribution in [3.05, 3.63) is 100 Å². The molecule has 5 rings (SSSR count). The monoisotopic (exact) mass is 656 g/mol. The molecule has 0 saturated heterocycles. The number of nitrogens with zero attached hydrogens (tertiary/aromatic N) is 2. The fourth-order valence-electron chi connectivity index (χ4n) is 4.86. The summed E-state index contributed by atoms with van der Waals surface area (Å²) in [5, 5.41) is 19.2. The van der Waals surface area contributed by atoms with E-state index in [1.165, 1.54) is 12.1 Å². The van der Waals surface area contributed by atoms with Gasteiger partial charge in [0, 0.05) is 16.7 Å². The van der Waals surface area contributed by atoms with Gasteiger partial charge in [0.1, 0.15) is 29.2 Å². The maximum absolute atomic E-state index is 14.1. The first-order valence-electron chi connectivity index (χ1n) is 12.2. The molecule has 16 heteroatoms. The number of alkyl halides is 6. The number of hydrogen-bond acceptors (Lipinski definition) is 4. The number of benzene rings is 4. The maximum Gasteiger partial charge on any atom is 0.573 e. The Morgan fingerprint density at radius 1 is 0.478 bits per heavy atom. The van der Waals surface area contributed by atoms with Crippen molar-refractivity contribution < 1.29 is 62.2 Å². The third kappa shape index (κ3) is 5.77. The van der Waals surface area contributed by atoms with Gasteiger partial charge in [-0.2, -0.15) is 10.5 Å². The minimum atomic E-state index is -5.46. The van der Waals surface area contributed by atoms with E-state index in [0.29, 0.717) is 36.4 Å². The van der Waals surface area contributed by atoms with Crippen LogP contribution in [0.3, 0.4) is 0 Å². The molecule has 0 aromatic heterocycles. The van der Waals surface area contributed by atoms with Crippen LogP contribution >= 0.6 is 0 Å². The molecular weight excluding hydrogens is 648 g/mol. The van der Waals surface area contributed by atoms with Crippen LogP contribution in [0.25, 0.3) is 39.0 Å². The maximum atomic E-state index is 14.1. The summed E-state index contributed by atoms with van der Waals surface area (Å²) in [5.41, 5.74) is -5.74. The first-order valence-corrected chi connectivity index (χ1v) is 12.2. The molecule has 234 valence electrons. The largest absolute Gasteiger partial charge is 0.573 e. The number of ether oxygens (including phenoxy) is 2. The molecule has 0 bridgehead atoms. The Morgan fingerprint density at radius 3 is 1.09 bits per heavy atom. The van der Waals surface area contributed by atoms with Crippen molar-refractivity contribution in [3.63, 3.8) is 0 Å². The van der Waals surface area contributed by atoms with Gasteiger partial charge in [-0.1, -0.05) is 0 Å². The quantitative estimate of drug-likeness (QED) is 0.110. The van der Waals surface area contributed by atoms with Gasteiger partial charge in [0.25, 0.3) is 0 Å². The van der Waals surface area contributed by atoms with Crippen LogP contribution in [-0.4, -0.2) is 12.7 Å². The van der Waals surface area contributed by atoms with E-state index < -0.39 is 104 Å². The summed E-state index contributed by atoms with van der Waals surface area (Å²) in [6.45, 7) is 0. The van der Waals surface area contributed by atoms with Crippen molar-refractivity contribution in [2.45, 2.75) is 12.7 Å². The Morgan fingerprint density at radius 2 is 0.804 bits per heavy atom. The highest BCUT2D eigenvalue weighted by Gasteiger charge is 2.38. The minimum Gasteiger partial charge on any atom is -0.405 e. The molecule has 46 heavy (non-hydrogen) atoms. The number of allylic oxidation sites excluding steroid dienone is 1. The Bertz CT molecular complexity index is 1880. The Balaban J connectivity index is 1.92. The summed E-state index contributed by atoms with van der Waals surface area (Å²) in [7, 11) is 0. The first kappa shape index (κ1) is 31.8. The number of nitriles is 2. The van der Waals surface area contributed by atoms with Crippen LogP contribution in [-0.2, 0) is 0 Å². The highest BCUT2D eigenvalue weighted by Crippen LogP contribution is 2.53. The summed E-state index contributed by atoms with van der Waals surface area (Å²) in [5.74, 6) is -13.6. The Kier molecular flexibility index (Phi) is 7.64. The van der Waals surface area contributed by atoms with Gasteiger partial charge in [-0.05, 0) is 81.9 Å². The van der Waals surface area contributed by atoms with Crippen molar-refractivity contribution in [1.29, 1.82) is 10.5 Å². The van der Waals surface area contributed by atoms with E-state index >= 15 is 0 Å². The fourth-order valence-corrected chi connectivity index (χ4v) is 4.86. The van der Waals surface area contributed by atoms with E-state index in [9.17, 15) is 63.2 Å². The van der Waals surface area contributed by atoms with E-state index in [0.717, 1.165) is 12.1 Å². The molecule has 1 aliphatic rings. The third-order valence-electron chi connectivity index (χ3n) is 6.58. The van der Waals surface area contributed by atoms with E-state index in [2.05, 4.69) is 9.47 Å². The summed E-state index contributed by atoms with van der Waals surface area (Å²) >= 11 is 0. The number of halogens is 12. The van der Waals surface area contributed by atoms with Gasteiger partial charge in [0.15, 0.2) is 34.9 Å². The third-order valence-corrected chi connectivity index (χ3v) is 6.58. The molecule has 4 aromatic carbocycles. The summed E-state index contributed by atoms with van der Waals surface area (Å²) in [6, 6.07) is 6.93. The predicted octanol–water partition coefficient (Wildman–Crippen LogP) is 9.48. The van der Waals surface area contributed by atoms with E-state index in [-0.39, 0.29) is 11.1 Å². The second-order valence-electron chi connectivity index (χ2n) is 9.36. The van der Waals surface area contributed by atoms with Crippen LogP contribution in [0.2, 0.25) is 0 Å². The average molecular weight is 656 g/mol. The zero-order valence-electron chi connectivity index (χ0n) is 21.9. The smallest absolute Gasteiger partial charge is 0.405 e. The van der Waals surface area contributed by atoms with Crippen molar-refractivity contribution in [2.24, 2.45) is 0 Å². The molecule has 0 heterocycles. The van der Waals surface area contributed by atoms with Crippen LogP contribution in [0.5, 0.6) is 11.5 Å². The summed E-state index contributed by atoms with van der Waals surface area (Å²) < 4.78 is 173. The molecule has 0 aliphatic heterocycles. The highest BCUT2D eigenvalue weighted by molar-refractivity contribution is 6.07. The molecular formula is C30H8F12N2O2. The standard InChI is InChI=1S/C30H8F12N2O2/c31-20-1-11(2-21(32)27(20)35)14-5-16-17-6-15(12-3-22(33)28(36)23(34)4-12)25(46-30(40,41)42)8-19(17)26(13(9-43)10-44)18(16)7-24(14)45-29(37,38)39/h1-8H. The molecule has 0 atom stereocenters. The second kappa shape index (κ2) is 11.1. The van der Waals surface area contributed by atoms with Gasteiger partial charge in [-0.3, -0.25) is 0 Å². The van der Waals surface area contributed by atoms with Crippen LogP contribution in [0.1, 0.15) is 11.1 Å². The number of rotatable bonds is 4. The van der Waals surface area contributed by atoms with Crippen molar-refractivity contribution in [1.82, 2.24) is 0 Å². The van der Waals surface area contributed by atoms with Gasteiger partial charge < -0.3 is 9.47 Å².